The molecule has 2 amide bonds. The Morgan fingerprint density at radius 3 is 2.04 bits per heavy atom. The molecule has 0 unspecified atom stereocenters. The van der Waals surface area contributed by atoms with Gasteiger partial charge in [-0.15, -0.1) is 0 Å². The van der Waals surface area contributed by atoms with Crippen LogP contribution >= 0.6 is 0 Å². The molecule has 294 valence electrons. The van der Waals surface area contributed by atoms with E-state index in [2.05, 4.69) is 5.32 Å². The monoisotopic (exact) mass is 781 g/mol. The quantitative estimate of drug-likeness (QED) is 0.102. The van der Waals surface area contributed by atoms with E-state index in [9.17, 15) is 35.9 Å². The molecule has 0 heterocycles. The normalized spacial score (nSPS) is 11.1. The number of anilines is 1. The summed E-state index contributed by atoms with van der Waals surface area (Å²) in [7, 11) is 1.61. The second-order valence-electron chi connectivity index (χ2n) is 12.1. The summed E-state index contributed by atoms with van der Waals surface area (Å²) in [5.74, 6) is -1.96. The lowest BCUT2D eigenvalue weighted by Crippen LogP contribution is -2.32. The van der Waals surface area contributed by atoms with Crippen LogP contribution in [0.5, 0.6) is 17.2 Å². The molecule has 0 aliphatic heterocycles. The Bertz CT molecular complexity index is 2110. The summed E-state index contributed by atoms with van der Waals surface area (Å²) < 4.78 is 83.6. The van der Waals surface area contributed by atoms with Crippen molar-refractivity contribution >= 4 is 23.5 Å². The van der Waals surface area contributed by atoms with Crippen LogP contribution < -0.4 is 25.4 Å². The lowest BCUT2D eigenvalue weighted by Gasteiger charge is -2.25. The number of carboxylic acids is 1. The maximum atomic E-state index is 13.9. The summed E-state index contributed by atoms with van der Waals surface area (Å²) in [6, 6.07) is 34.9. The first-order valence-corrected chi connectivity index (χ1v) is 16.9. The summed E-state index contributed by atoms with van der Waals surface area (Å²) in [5, 5.41) is 9.65. The number of alkyl halides is 6. The van der Waals surface area contributed by atoms with E-state index in [1.165, 1.54) is 18.2 Å². The number of carboxylic acid groups (broad SMARTS) is 1. The number of nitrogens with one attached hydrogen (secondary N) is 1. The zero-order valence-corrected chi connectivity index (χ0v) is 29.9. The third kappa shape index (κ3) is 12.3. The molecule has 0 fully saturated rings. The number of ether oxygens (including phenoxy) is 2. The Balaban J connectivity index is 0.000000908. The van der Waals surface area contributed by atoms with Gasteiger partial charge in [0.05, 0.1) is 24.9 Å². The van der Waals surface area contributed by atoms with E-state index >= 15 is 0 Å². The standard InChI is InChI=1S/C39H36F3N3O4.C2HF3O2/c1-48-32-11-7-10-30(23-32)29-18-16-27(17-19-29)26-45(35-14-4-5-15-36(35)49-33-12-6-8-28(22-33)24-43)38(47)21-20-37(46)44-25-31-9-2-3-13-34(31)39(40,41)42;3-2(4,5)1(6)7/h2-19,22-23H,20-21,24-26,43H2,1H3,(H,44,46);(H,6,7). The fraction of sp³-hybridized carbons (Fsp3) is 0.195. The fourth-order valence-electron chi connectivity index (χ4n) is 5.31. The van der Waals surface area contributed by atoms with Crippen molar-refractivity contribution in [2.45, 2.75) is 44.8 Å². The summed E-state index contributed by atoms with van der Waals surface area (Å²) in [6.07, 6.45) is -10.0. The molecule has 5 aromatic carbocycles. The van der Waals surface area contributed by atoms with Crippen molar-refractivity contribution in [3.63, 3.8) is 0 Å². The van der Waals surface area contributed by atoms with Crippen LogP contribution in [0.2, 0.25) is 0 Å². The highest BCUT2D eigenvalue weighted by Crippen LogP contribution is 2.35. The first-order valence-electron chi connectivity index (χ1n) is 16.9. The summed E-state index contributed by atoms with van der Waals surface area (Å²) >= 11 is 0. The van der Waals surface area contributed by atoms with Crippen LogP contribution in [-0.2, 0) is 40.2 Å². The van der Waals surface area contributed by atoms with Crippen molar-refractivity contribution in [1.29, 1.82) is 0 Å². The fourth-order valence-corrected chi connectivity index (χ4v) is 5.31. The number of rotatable bonds is 13. The third-order valence-corrected chi connectivity index (χ3v) is 8.12. The average molecular weight is 782 g/mol. The highest BCUT2D eigenvalue weighted by molar-refractivity contribution is 5.96. The minimum Gasteiger partial charge on any atom is -0.497 e. The lowest BCUT2D eigenvalue weighted by molar-refractivity contribution is -0.192. The van der Waals surface area contributed by atoms with Crippen LogP contribution in [0, 0.1) is 0 Å². The Labute approximate surface area is 318 Å². The summed E-state index contributed by atoms with van der Waals surface area (Å²) in [6.45, 7) is 0.185. The van der Waals surface area contributed by atoms with E-state index in [1.807, 2.05) is 66.7 Å². The average Bonchev–Trinajstić information content (AvgIpc) is 3.18. The lowest BCUT2D eigenvalue weighted by atomic mass is 10.0. The van der Waals surface area contributed by atoms with Crippen molar-refractivity contribution in [1.82, 2.24) is 5.32 Å². The van der Waals surface area contributed by atoms with Gasteiger partial charge in [-0.3, -0.25) is 9.59 Å². The van der Waals surface area contributed by atoms with Gasteiger partial charge in [0.15, 0.2) is 5.75 Å². The van der Waals surface area contributed by atoms with E-state index in [-0.39, 0.29) is 37.4 Å². The number of carbonyl (C=O) groups excluding carboxylic acids is 2. The van der Waals surface area contributed by atoms with Gasteiger partial charge < -0.3 is 30.5 Å². The Kier molecular flexibility index (Phi) is 14.6. The topological polar surface area (TPSA) is 131 Å². The van der Waals surface area contributed by atoms with Crippen molar-refractivity contribution in [2.75, 3.05) is 12.0 Å². The molecule has 0 radical (unpaired) electrons. The highest BCUT2D eigenvalue weighted by Gasteiger charge is 2.38. The maximum Gasteiger partial charge on any atom is 0.490 e. The molecule has 5 aromatic rings. The number of aliphatic carboxylic acids is 1. The first-order chi connectivity index (χ1) is 26.6. The minimum atomic E-state index is -5.08. The second kappa shape index (κ2) is 19.3. The number of benzene rings is 5. The third-order valence-electron chi connectivity index (χ3n) is 8.12. The van der Waals surface area contributed by atoms with Gasteiger partial charge in [0.2, 0.25) is 11.8 Å². The molecule has 0 atom stereocenters. The molecule has 0 aliphatic rings. The molecule has 5 rings (SSSR count). The number of carbonyl (C=O) groups is 3. The maximum absolute atomic E-state index is 13.9. The van der Waals surface area contributed by atoms with Crippen molar-refractivity contribution in [3.8, 4) is 28.4 Å². The molecule has 0 saturated heterocycles. The number of nitrogens with zero attached hydrogens (tertiary/aromatic N) is 1. The molecule has 0 saturated carbocycles. The largest absolute Gasteiger partial charge is 0.497 e. The van der Waals surface area contributed by atoms with E-state index < -0.39 is 29.8 Å². The molecule has 0 spiro atoms. The van der Waals surface area contributed by atoms with Gasteiger partial charge in [0.1, 0.15) is 11.5 Å². The number of amides is 2. The van der Waals surface area contributed by atoms with Gasteiger partial charge in [-0.25, -0.2) is 4.79 Å². The summed E-state index contributed by atoms with van der Waals surface area (Å²) in [5.41, 5.74) is 9.08. The molecule has 0 aliphatic carbocycles. The number of hydrogen-bond acceptors (Lipinski definition) is 6. The number of methoxy groups -OCH3 is 1. The SMILES string of the molecule is COc1cccc(-c2ccc(CN(C(=O)CCC(=O)NCc3ccccc3C(F)(F)F)c3ccccc3Oc3cccc(CN)c3)cc2)c1.O=C(O)C(F)(F)F. The van der Waals surface area contributed by atoms with Crippen LogP contribution in [-0.4, -0.2) is 36.2 Å². The predicted octanol–water partition coefficient (Wildman–Crippen LogP) is 8.90. The Morgan fingerprint density at radius 1 is 0.732 bits per heavy atom. The van der Waals surface area contributed by atoms with Crippen LogP contribution in [0.15, 0.2) is 121 Å². The minimum absolute atomic E-state index is 0.0570. The Morgan fingerprint density at radius 2 is 1.38 bits per heavy atom. The molecule has 15 heteroatoms. The van der Waals surface area contributed by atoms with E-state index in [4.69, 9.17) is 25.1 Å². The molecular weight excluding hydrogens is 744 g/mol. The van der Waals surface area contributed by atoms with Crippen LogP contribution in [0.4, 0.5) is 32.0 Å². The van der Waals surface area contributed by atoms with Gasteiger partial charge >= 0.3 is 18.3 Å². The molecule has 0 aromatic heterocycles. The highest BCUT2D eigenvalue weighted by atomic mass is 19.4. The van der Waals surface area contributed by atoms with Gasteiger partial charge in [-0.05, 0) is 70.3 Å². The van der Waals surface area contributed by atoms with E-state index in [0.29, 0.717) is 23.7 Å². The van der Waals surface area contributed by atoms with Gasteiger partial charge in [0.25, 0.3) is 0 Å². The van der Waals surface area contributed by atoms with Crippen molar-refractivity contribution in [2.24, 2.45) is 5.73 Å². The van der Waals surface area contributed by atoms with E-state index in [0.717, 1.165) is 34.1 Å². The first kappa shape index (κ1) is 42.4. The molecule has 4 N–H and O–H groups in total. The smallest absolute Gasteiger partial charge is 0.490 e. The Hall–Kier alpha value is -6.35. The number of hydrogen-bond donors (Lipinski definition) is 3. The molecular formula is C41H37F6N3O6. The second-order valence-corrected chi connectivity index (χ2v) is 12.1. The number of halogens is 6. The number of para-hydroxylation sites is 2. The molecule has 0 bridgehead atoms. The molecule has 9 nitrogen and oxygen atoms in total. The van der Waals surface area contributed by atoms with Gasteiger partial charge in [-0.2, -0.15) is 26.3 Å². The zero-order chi connectivity index (χ0) is 40.9. The molecule has 56 heavy (non-hydrogen) atoms. The van der Waals surface area contributed by atoms with E-state index in [1.54, 1.807) is 42.3 Å². The van der Waals surface area contributed by atoms with Gasteiger partial charge in [0, 0.05) is 25.9 Å². The zero-order valence-electron chi connectivity index (χ0n) is 29.9. The van der Waals surface area contributed by atoms with Crippen LogP contribution in [0.3, 0.4) is 0 Å². The van der Waals surface area contributed by atoms with Crippen LogP contribution in [0.1, 0.15) is 35.1 Å². The summed E-state index contributed by atoms with van der Waals surface area (Å²) in [4.78, 5) is 37.1. The van der Waals surface area contributed by atoms with Crippen LogP contribution in [0.25, 0.3) is 11.1 Å². The van der Waals surface area contributed by atoms with Crippen molar-refractivity contribution in [3.05, 3.63) is 144 Å². The van der Waals surface area contributed by atoms with Gasteiger partial charge in [-0.1, -0.05) is 78.9 Å². The predicted molar refractivity (Wildman–Crippen MR) is 197 cm³/mol. The number of nitrogens with two attached hydrogens (primary N) is 1. The van der Waals surface area contributed by atoms with Crippen molar-refractivity contribution < 1.29 is 55.3 Å².